The number of phenols is 1. The van der Waals surface area contributed by atoms with Crippen LogP contribution < -0.4 is 11.1 Å². The number of phenolic OH excluding ortho intramolecular Hbond substituents is 1. The number of piperazine rings is 1. The van der Waals surface area contributed by atoms with Gasteiger partial charge in [-0.25, -0.2) is 0 Å². The number of para-hydroxylation sites is 1. The number of aromatic hydroxyl groups is 1. The van der Waals surface area contributed by atoms with Crippen molar-refractivity contribution in [1.82, 2.24) is 25.3 Å². The zero-order valence-electron chi connectivity index (χ0n) is 19.1. The maximum atomic E-state index is 13.7. The molecule has 1 fully saturated rings. The Balaban J connectivity index is 1.68. The monoisotopic (exact) mass is 464 g/mol. The van der Waals surface area contributed by atoms with Crippen molar-refractivity contribution in [3.05, 3.63) is 59.3 Å². The van der Waals surface area contributed by atoms with E-state index >= 15 is 0 Å². The first kappa shape index (κ1) is 23.2. The maximum Gasteiger partial charge on any atom is 0.269 e. The van der Waals surface area contributed by atoms with Crippen molar-refractivity contribution in [2.75, 3.05) is 13.6 Å². The van der Waals surface area contributed by atoms with E-state index in [4.69, 9.17) is 5.73 Å². The van der Waals surface area contributed by atoms with Crippen molar-refractivity contribution in [1.29, 1.82) is 0 Å². The highest BCUT2D eigenvalue weighted by Crippen LogP contribution is 2.26. The molecule has 1 aromatic heterocycles. The van der Waals surface area contributed by atoms with Crippen LogP contribution in [0.2, 0.25) is 0 Å². The van der Waals surface area contributed by atoms with E-state index in [9.17, 15) is 19.5 Å². The molecule has 0 radical (unpaired) electrons. The van der Waals surface area contributed by atoms with Gasteiger partial charge in [-0.15, -0.1) is 0 Å². The summed E-state index contributed by atoms with van der Waals surface area (Å²) in [5.74, 6) is -0.779. The summed E-state index contributed by atoms with van der Waals surface area (Å²) >= 11 is 0. The molecule has 0 aliphatic carbocycles. The summed E-state index contributed by atoms with van der Waals surface area (Å²) < 4.78 is 0. The van der Waals surface area contributed by atoms with Crippen LogP contribution in [0.5, 0.6) is 5.75 Å². The van der Waals surface area contributed by atoms with Crippen LogP contribution in [0.15, 0.2) is 42.5 Å². The Kier molecular flexibility index (Phi) is 6.51. The second-order valence-electron chi connectivity index (χ2n) is 8.34. The molecule has 4 rings (SSSR count). The van der Waals surface area contributed by atoms with Gasteiger partial charge in [-0.2, -0.15) is 5.10 Å². The van der Waals surface area contributed by atoms with E-state index in [0.717, 1.165) is 11.1 Å². The third-order valence-corrected chi connectivity index (χ3v) is 6.23. The fraction of sp³-hybridized carbons (Fsp3) is 0.333. The first-order valence-corrected chi connectivity index (χ1v) is 11.1. The number of amides is 3. The molecule has 2 atom stereocenters. The molecule has 3 amide bonds. The number of aromatic amines is 1. The first-order valence-electron chi connectivity index (χ1n) is 11.1. The number of carbonyl (C=O) groups is 3. The SMILES string of the molecule is CCC(=O)N1[C@@H](NC)CN(Cc2cccc3c(C(N)=O)n[nH]c23)C(=O)[C@@H]1Cc1ccc(O)cc1. The van der Waals surface area contributed by atoms with Gasteiger partial charge < -0.3 is 20.6 Å². The quantitative estimate of drug-likeness (QED) is 0.412. The smallest absolute Gasteiger partial charge is 0.269 e. The highest BCUT2D eigenvalue weighted by atomic mass is 16.3. The van der Waals surface area contributed by atoms with Crippen LogP contribution in [0, 0.1) is 0 Å². The minimum Gasteiger partial charge on any atom is -0.508 e. The van der Waals surface area contributed by atoms with E-state index in [1.54, 1.807) is 60.2 Å². The molecule has 0 unspecified atom stereocenters. The standard InChI is InChI=1S/C24H28N6O4/c1-3-20(32)30-18(11-14-7-9-16(31)10-8-14)24(34)29(13-19(30)26-2)12-15-5-4-6-17-21(15)27-28-22(17)23(25)33/h4-10,18-19,26,31H,3,11-13H2,1-2H3,(H2,25,33)(H,27,28)/t18-,19+/m0/s1. The van der Waals surface area contributed by atoms with E-state index in [0.29, 0.717) is 23.9 Å². The van der Waals surface area contributed by atoms with Crippen molar-refractivity contribution >= 4 is 28.6 Å². The van der Waals surface area contributed by atoms with Gasteiger partial charge in [0.25, 0.3) is 5.91 Å². The molecule has 10 heteroatoms. The largest absolute Gasteiger partial charge is 0.508 e. The van der Waals surface area contributed by atoms with Gasteiger partial charge in [-0.05, 0) is 30.3 Å². The van der Waals surface area contributed by atoms with Crippen LogP contribution in [0.3, 0.4) is 0 Å². The van der Waals surface area contributed by atoms with E-state index < -0.39 is 11.9 Å². The molecule has 10 nitrogen and oxygen atoms in total. The molecule has 0 spiro atoms. The van der Waals surface area contributed by atoms with Crippen LogP contribution in [0.1, 0.15) is 35.0 Å². The van der Waals surface area contributed by atoms with Crippen molar-refractivity contribution in [3.63, 3.8) is 0 Å². The Bertz CT molecular complexity index is 1220. The fourth-order valence-electron chi connectivity index (χ4n) is 4.50. The minimum atomic E-state index is -0.703. The maximum absolute atomic E-state index is 13.7. The van der Waals surface area contributed by atoms with Gasteiger partial charge >= 0.3 is 0 Å². The third-order valence-electron chi connectivity index (χ3n) is 6.23. The average Bonchev–Trinajstić information content (AvgIpc) is 3.28. The normalized spacial score (nSPS) is 18.5. The summed E-state index contributed by atoms with van der Waals surface area (Å²) in [7, 11) is 1.76. The number of likely N-dealkylation sites (N-methyl/N-ethyl adjacent to an activating group) is 1. The molecule has 1 saturated heterocycles. The Morgan fingerprint density at radius 1 is 1.24 bits per heavy atom. The predicted molar refractivity (Wildman–Crippen MR) is 126 cm³/mol. The molecule has 3 aromatic rings. The van der Waals surface area contributed by atoms with Gasteiger partial charge in [0, 0.05) is 24.8 Å². The lowest BCUT2D eigenvalue weighted by atomic mass is 9.98. The highest BCUT2D eigenvalue weighted by molar-refractivity contribution is 6.04. The van der Waals surface area contributed by atoms with Crippen LogP contribution in [0.25, 0.3) is 10.9 Å². The number of H-pyrrole nitrogens is 1. The number of hydrogen-bond donors (Lipinski definition) is 4. The Labute approximate surface area is 196 Å². The molecule has 0 saturated carbocycles. The summed E-state index contributed by atoms with van der Waals surface area (Å²) in [4.78, 5) is 41.6. The minimum absolute atomic E-state index is 0.113. The number of nitrogens with two attached hydrogens (primary N) is 1. The van der Waals surface area contributed by atoms with Crippen molar-refractivity contribution in [3.8, 4) is 5.75 Å². The van der Waals surface area contributed by atoms with Gasteiger partial charge in [-0.1, -0.05) is 37.3 Å². The molecule has 178 valence electrons. The number of fused-ring (bicyclic) bond motifs is 1. The van der Waals surface area contributed by atoms with E-state index in [-0.39, 0.29) is 42.4 Å². The Morgan fingerprint density at radius 3 is 2.62 bits per heavy atom. The van der Waals surface area contributed by atoms with E-state index in [1.807, 2.05) is 6.07 Å². The van der Waals surface area contributed by atoms with Gasteiger partial charge in [0.2, 0.25) is 11.8 Å². The molecule has 1 aliphatic heterocycles. The number of nitrogens with one attached hydrogen (secondary N) is 2. The average molecular weight is 465 g/mol. The second-order valence-corrected chi connectivity index (χ2v) is 8.34. The molecule has 0 bridgehead atoms. The molecule has 5 N–H and O–H groups in total. The number of carbonyl (C=O) groups excluding carboxylic acids is 3. The zero-order chi connectivity index (χ0) is 24.4. The number of nitrogens with zero attached hydrogens (tertiary/aromatic N) is 3. The summed E-state index contributed by atoms with van der Waals surface area (Å²) in [5.41, 5.74) is 7.85. The van der Waals surface area contributed by atoms with Crippen LogP contribution >= 0.6 is 0 Å². The highest BCUT2D eigenvalue weighted by Gasteiger charge is 2.42. The van der Waals surface area contributed by atoms with E-state index in [2.05, 4.69) is 15.5 Å². The lowest BCUT2D eigenvalue weighted by Crippen LogP contribution is -2.67. The lowest BCUT2D eigenvalue weighted by Gasteiger charge is -2.46. The first-order chi connectivity index (χ1) is 16.3. The topological polar surface area (TPSA) is 145 Å². The third kappa shape index (κ3) is 4.32. The van der Waals surface area contributed by atoms with Gasteiger partial charge in [0.15, 0.2) is 5.69 Å². The molecule has 2 aromatic carbocycles. The fourth-order valence-corrected chi connectivity index (χ4v) is 4.50. The zero-order valence-corrected chi connectivity index (χ0v) is 19.1. The second kappa shape index (κ2) is 9.52. The number of hydrogen-bond acceptors (Lipinski definition) is 6. The number of primary amides is 1. The van der Waals surface area contributed by atoms with Crippen molar-refractivity contribution < 1.29 is 19.5 Å². The summed E-state index contributed by atoms with van der Waals surface area (Å²) in [6.45, 7) is 2.36. The molecule has 34 heavy (non-hydrogen) atoms. The van der Waals surface area contributed by atoms with Crippen LogP contribution in [-0.2, 0) is 22.6 Å². The van der Waals surface area contributed by atoms with Crippen LogP contribution in [0.4, 0.5) is 0 Å². The molecule has 2 heterocycles. The molecular weight excluding hydrogens is 436 g/mol. The number of rotatable bonds is 7. The predicted octanol–water partition coefficient (Wildman–Crippen LogP) is 1.10. The lowest BCUT2D eigenvalue weighted by molar-refractivity contribution is -0.157. The van der Waals surface area contributed by atoms with E-state index in [1.165, 1.54) is 0 Å². The van der Waals surface area contributed by atoms with Crippen molar-refractivity contribution in [2.24, 2.45) is 5.73 Å². The van der Waals surface area contributed by atoms with Crippen LogP contribution in [-0.4, -0.2) is 68.6 Å². The summed E-state index contributed by atoms with van der Waals surface area (Å²) in [6, 6.07) is 11.4. The summed E-state index contributed by atoms with van der Waals surface area (Å²) in [6.07, 6.45) is 0.231. The number of benzene rings is 2. The van der Waals surface area contributed by atoms with Gasteiger partial charge in [0.1, 0.15) is 18.0 Å². The summed E-state index contributed by atoms with van der Waals surface area (Å²) in [5, 5.41) is 20.3. The van der Waals surface area contributed by atoms with Gasteiger partial charge in [-0.3, -0.25) is 24.8 Å². The van der Waals surface area contributed by atoms with Crippen molar-refractivity contribution in [2.45, 2.75) is 38.5 Å². The number of aromatic nitrogens is 2. The Hall–Kier alpha value is -3.92. The van der Waals surface area contributed by atoms with Gasteiger partial charge in [0.05, 0.1) is 12.1 Å². The Morgan fingerprint density at radius 2 is 1.97 bits per heavy atom. The molecular formula is C24H28N6O4. The molecule has 1 aliphatic rings.